The topological polar surface area (TPSA) is 111 Å². The minimum absolute atomic E-state index is 0.0000142. The average molecular weight is 366 g/mol. The van der Waals surface area contributed by atoms with Gasteiger partial charge < -0.3 is 15.7 Å². The molecule has 0 aliphatic carbocycles. The summed E-state index contributed by atoms with van der Waals surface area (Å²) in [7, 11) is 1.70. The van der Waals surface area contributed by atoms with Crippen LogP contribution in [0.4, 0.5) is 5.69 Å². The molecule has 7 nitrogen and oxygen atoms in total. The number of hydrogen-bond donors (Lipinski definition) is 3. The highest BCUT2D eigenvalue weighted by Crippen LogP contribution is 2.22. The number of benzene rings is 2. The predicted octanol–water partition coefficient (Wildman–Crippen LogP) is 1.69. The van der Waals surface area contributed by atoms with Crippen molar-refractivity contribution >= 4 is 23.4 Å². The third-order valence-corrected chi connectivity index (χ3v) is 4.77. The van der Waals surface area contributed by atoms with Crippen molar-refractivity contribution in [3.63, 3.8) is 0 Å². The fraction of sp³-hybridized carbons (Fsp3) is 0.250. The van der Waals surface area contributed by atoms with Crippen LogP contribution in [0.1, 0.15) is 27.0 Å². The Balaban J connectivity index is 1.79. The van der Waals surface area contributed by atoms with E-state index in [0.29, 0.717) is 29.9 Å². The molecule has 140 valence electrons. The summed E-state index contributed by atoms with van der Waals surface area (Å²) in [6.45, 7) is 1.23. The smallest absolute Gasteiger partial charge is 0.317 e. The van der Waals surface area contributed by atoms with E-state index in [0.717, 1.165) is 17.5 Å². The van der Waals surface area contributed by atoms with Gasteiger partial charge in [0.2, 0.25) is 0 Å². The Morgan fingerprint density at radius 2 is 1.81 bits per heavy atom. The number of amides is 1. The van der Waals surface area contributed by atoms with Gasteiger partial charge in [-0.05, 0) is 53.9 Å². The maximum atomic E-state index is 12.9. The van der Waals surface area contributed by atoms with Crippen LogP contribution in [0.25, 0.3) is 0 Å². The van der Waals surface area contributed by atoms with Crippen molar-refractivity contribution in [2.24, 2.45) is 5.73 Å². The zero-order chi connectivity index (χ0) is 19.6. The SMILES string of the molecule is CN(C(=O)c1ccc2c(c1)CN(CC(=O)O)CC2)c1ccc(C(=N)N)cc1. The van der Waals surface area contributed by atoms with Gasteiger partial charge in [-0.3, -0.25) is 19.9 Å². The van der Waals surface area contributed by atoms with E-state index in [1.165, 1.54) is 0 Å². The van der Waals surface area contributed by atoms with Crippen molar-refractivity contribution in [3.05, 3.63) is 64.7 Å². The third kappa shape index (κ3) is 4.15. The van der Waals surface area contributed by atoms with Crippen LogP contribution in [0.3, 0.4) is 0 Å². The molecular weight excluding hydrogens is 344 g/mol. The first-order chi connectivity index (χ1) is 12.8. The Kier molecular flexibility index (Phi) is 5.23. The Labute approximate surface area is 157 Å². The van der Waals surface area contributed by atoms with Gasteiger partial charge in [-0.25, -0.2) is 0 Å². The van der Waals surface area contributed by atoms with Crippen molar-refractivity contribution < 1.29 is 14.7 Å². The van der Waals surface area contributed by atoms with Gasteiger partial charge in [-0.15, -0.1) is 0 Å². The maximum absolute atomic E-state index is 12.9. The van der Waals surface area contributed by atoms with Gasteiger partial charge >= 0.3 is 5.97 Å². The highest BCUT2D eigenvalue weighted by atomic mass is 16.4. The lowest BCUT2D eigenvalue weighted by Crippen LogP contribution is -2.35. The first-order valence-corrected chi connectivity index (χ1v) is 8.63. The van der Waals surface area contributed by atoms with E-state index < -0.39 is 5.97 Å². The Hall–Kier alpha value is -3.19. The van der Waals surface area contributed by atoms with Gasteiger partial charge in [-0.1, -0.05) is 6.07 Å². The molecule has 27 heavy (non-hydrogen) atoms. The zero-order valence-corrected chi connectivity index (χ0v) is 15.1. The summed E-state index contributed by atoms with van der Waals surface area (Å²) >= 11 is 0. The van der Waals surface area contributed by atoms with Gasteiger partial charge in [0.15, 0.2) is 0 Å². The number of carbonyl (C=O) groups excluding carboxylic acids is 1. The highest BCUT2D eigenvalue weighted by molar-refractivity contribution is 6.06. The van der Waals surface area contributed by atoms with Crippen LogP contribution in [-0.4, -0.2) is 47.9 Å². The number of carboxylic acids is 1. The normalized spacial score (nSPS) is 13.7. The number of aliphatic carboxylic acids is 1. The minimum Gasteiger partial charge on any atom is -0.480 e. The summed E-state index contributed by atoms with van der Waals surface area (Å²) in [6, 6.07) is 12.5. The second-order valence-corrected chi connectivity index (χ2v) is 6.66. The van der Waals surface area contributed by atoms with E-state index in [-0.39, 0.29) is 18.3 Å². The quantitative estimate of drug-likeness (QED) is 0.551. The Bertz CT molecular complexity index is 893. The van der Waals surface area contributed by atoms with E-state index in [1.54, 1.807) is 36.2 Å². The summed E-state index contributed by atoms with van der Waals surface area (Å²) in [6.07, 6.45) is 0.777. The second kappa shape index (κ2) is 7.59. The number of hydrogen-bond acceptors (Lipinski definition) is 4. The molecule has 1 heterocycles. The van der Waals surface area contributed by atoms with Crippen LogP contribution in [0.2, 0.25) is 0 Å². The van der Waals surface area contributed by atoms with Crippen LogP contribution in [0, 0.1) is 5.41 Å². The lowest BCUT2D eigenvalue weighted by atomic mass is 9.97. The molecule has 0 spiro atoms. The fourth-order valence-electron chi connectivity index (χ4n) is 3.25. The molecule has 4 N–H and O–H groups in total. The van der Waals surface area contributed by atoms with Crippen LogP contribution in [-0.2, 0) is 17.8 Å². The molecule has 3 rings (SSSR count). The Morgan fingerprint density at radius 1 is 1.15 bits per heavy atom. The number of nitrogens with zero attached hydrogens (tertiary/aromatic N) is 2. The van der Waals surface area contributed by atoms with Crippen LogP contribution in [0.15, 0.2) is 42.5 Å². The van der Waals surface area contributed by atoms with Crippen LogP contribution >= 0.6 is 0 Å². The van der Waals surface area contributed by atoms with Crippen molar-refractivity contribution in [2.75, 3.05) is 25.0 Å². The molecule has 1 amide bonds. The first kappa shape index (κ1) is 18.6. The van der Waals surface area contributed by atoms with E-state index in [2.05, 4.69) is 0 Å². The van der Waals surface area contributed by atoms with Crippen molar-refractivity contribution in [1.29, 1.82) is 5.41 Å². The van der Waals surface area contributed by atoms with Crippen molar-refractivity contribution in [1.82, 2.24) is 4.90 Å². The van der Waals surface area contributed by atoms with Crippen molar-refractivity contribution in [3.8, 4) is 0 Å². The number of carbonyl (C=O) groups is 2. The van der Waals surface area contributed by atoms with Crippen LogP contribution < -0.4 is 10.6 Å². The molecule has 1 aliphatic heterocycles. The predicted molar refractivity (Wildman–Crippen MR) is 103 cm³/mol. The summed E-state index contributed by atoms with van der Waals surface area (Å²) in [5.41, 5.74) is 9.47. The van der Waals surface area contributed by atoms with Gasteiger partial charge in [0.1, 0.15) is 5.84 Å². The molecule has 0 radical (unpaired) electrons. The van der Waals surface area contributed by atoms with E-state index >= 15 is 0 Å². The number of nitrogens with two attached hydrogens (primary N) is 1. The largest absolute Gasteiger partial charge is 0.480 e. The lowest BCUT2D eigenvalue weighted by Gasteiger charge is -2.28. The van der Waals surface area contributed by atoms with Gasteiger partial charge in [-0.2, -0.15) is 0 Å². The molecule has 0 bridgehead atoms. The number of carboxylic acid groups (broad SMARTS) is 1. The molecule has 0 atom stereocenters. The molecule has 2 aromatic carbocycles. The molecule has 7 heteroatoms. The third-order valence-electron chi connectivity index (χ3n) is 4.77. The summed E-state index contributed by atoms with van der Waals surface area (Å²) in [5, 5.41) is 16.4. The molecule has 0 saturated heterocycles. The monoisotopic (exact) mass is 366 g/mol. The molecule has 0 aromatic heterocycles. The molecule has 0 unspecified atom stereocenters. The van der Waals surface area contributed by atoms with Crippen LogP contribution in [0.5, 0.6) is 0 Å². The number of fused-ring (bicyclic) bond motifs is 1. The molecule has 2 aromatic rings. The second-order valence-electron chi connectivity index (χ2n) is 6.66. The molecular formula is C20H22N4O3. The zero-order valence-electron chi connectivity index (χ0n) is 15.1. The molecule has 1 aliphatic rings. The van der Waals surface area contributed by atoms with Gasteiger partial charge in [0.25, 0.3) is 5.91 Å². The fourth-order valence-corrected chi connectivity index (χ4v) is 3.25. The standard InChI is InChI=1S/C20H22N4O3/c1-23(17-6-4-14(5-7-17)19(21)22)20(27)15-3-2-13-8-9-24(12-18(25)26)11-16(13)10-15/h2-7,10H,8-9,11-12H2,1H3,(H3,21,22)(H,25,26). The summed E-state index contributed by atoms with van der Waals surface area (Å²) in [4.78, 5) is 27.2. The molecule has 0 saturated carbocycles. The van der Waals surface area contributed by atoms with E-state index in [4.69, 9.17) is 16.2 Å². The maximum Gasteiger partial charge on any atom is 0.317 e. The van der Waals surface area contributed by atoms with E-state index in [1.807, 2.05) is 23.1 Å². The molecule has 0 fully saturated rings. The number of anilines is 1. The summed E-state index contributed by atoms with van der Waals surface area (Å²) < 4.78 is 0. The first-order valence-electron chi connectivity index (χ1n) is 8.63. The number of nitrogen functional groups attached to an aromatic ring is 1. The Morgan fingerprint density at radius 3 is 2.44 bits per heavy atom. The van der Waals surface area contributed by atoms with Gasteiger partial charge in [0, 0.05) is 37.0 Å². The number of amidine groups is 1. The minimum atomic E-state index is -0.848. The average Bonchev–Trinajstić information content (AvgIpc) is 2.65. The highest BCUT2D eigenvalue weighted by Gasteiger charge is 2.21. The van der Waals surface area contributed by atoms with Gasteiger partial charge in [0.05, 0.1) is 6.54 Å². The van der Waals surface area contributed by atoms with E-state index in [9.17, 15) is 9.59 Å². The number of rotatable bonds is 5. The van der Waals surface area contributed by atoms with Crippen molar-refractivity contribution in [2.45, 2.75) is 13.0 Å². The lowest BCUT2D eigenvalue weighted by molar-refractivity contribution is -0.138. The number of nitrogens with one attached hydrogen (secondary N) is 1. The summed E-state index contributed by atoms with van der Waals surface area (Å²) in [5.74, 6) is -1.01.